The van der Waals surface area contributed by atoms with Gasteiger partial charge in [0.2, 0.25) is 5.82 Å². The standard InChI is InChI=1S/C19H30N6O/c1-15(2)9-10-25-19(20-21-22-25)18(24-13-11-23(3)12-14-24)16-7-5-6-8-17(16)26-4/h5-8,15,18H,9-14H2,1-4H3/p+2/t18-/m0/s1. The lowest BCUT2D eigenvalue weighted by Crippen LogP contribution is -3.27. The molecule has 0 spiro atoms. The zero-order valence-corrected chi connectivity index (χ0v) is 16.4. The molecule has 7 nitrogen and oxygen atoms in total. The Morgan fingerprint density at radius 1 is 1.15 bits per heavy atom. The molecular formula is C19H32N6O+2. The molecule has 0 aliphatic carbocycles. The molecule has 2 N–H and O–H groups in total. The minimum Gasteiger partial charge on any atom is -0.496 e. The normalized spacial score (nSPS) is 21.7. The summed E-state index contributed by atoms with van der Waals surface area (Å²) in [5.74, 6) is 2.48. The predicted molar refractivity (Wildman–Crippen MR) is 99.4 cm³/mol. The van der Waals surface area contributed by atoms with E-state index in [0.717, 1.165) is 50.7 Å². The Labute approximate surface area is 155 Å². The number of hydrogen-bond acceptors (Lipinski definition) is 4. The summed E-state index contributed by atoms with van der Waals surface area (Å²) < 4.78 is 7.67. The van der Waals surface area contributed by atoms with Crippen LogP contribution in [-0.4, -0.2) is 60.5 Å². The van der Waals surface area contributed by atoms with E-state index in [2.05, 4.69) is 48.6 Å². The molecule has 26 heavy (non-hydrogen) atoms. The summed E-state index contributed by atoms with van der Waals surface area (Å²) in [5.41, 5.74) is 1.17. The number of likely N-dealkylation sites (N-methyl/N-ethyl adjacent to an activating group) is 1. The summed E-state index contributed by atoms with van der Waals surface area (Å²) in [6.45, 7) is 9.84. The van der Waals surface area contributed by atoms with Crippen molar-refractivity contribution >= 4 is 0 Å². The fourth-order valence-corrected chi connectivity index (χ4v) is 3.69. The number of aromatic nitrogens is 4. The Bertz CT molecular complexity index is 693. The molecule has 0 unspecified atom stereocenters. The number of piperazine rings is 1. The number of methoxy groups -OCH3 is 1. The summed E-state index contributed by atoms with van der Waals surface area (Å²) >= 11 is 0. The van der Waals surface area contributed by atoms with Crippen molar-refractivity contribution in [2.75, 3.05) is 40.3 Å². The summed E-state index contributed by atoms with van der Waals surface area (Å²) in [7, 11) is 4.00. The molecule has 2 aromatic rings. The van der Waals surface area contributed by atoms with Crippen molar-refractivity contribution in [2.45, 2.75) is 32.9 Å². The first-order chi connectivity index (χ1) is 12.6. The molecule has 142 valence electrons. The van der Waals surface area contributed by atoms with E-state index >= 15 is 0 Å². The molecule has 1 aromatic carbocycles. The zero-order chi connectivity index (χ0) is 18.5. The third kappa shape index (κ3) is 4.22. The zero-order valence-electron chi connectivity index (χ0n) is 16.4. The van der Waals surface area contributed by atoms with E-state index in [9.17, 15) is 0 Å². The molecule has 1 atom stereocenters. The smallest absolute Gasteiger partial charge is 0.214 e. The van der Waals surface area contributed by atoms with Crippen LogP contribution in [0.15, 0.2) is 24.3 Å². The summed E-state index contributed by atoms with van der Waals surface area (Å²) in [4.78, 5) is 3.10. The number of nitrogens with zero attached hydrogens (tertiary/aromatic N) is 4. The first-order valence-corrected chi connectivity index (χ1v) is 9.65. The second-order valence-electron chi connectivity index (χ2n) is 7.73. The van der Waals surface area contributed by atoms with Gasteiger partial charge in [0.25, 0.3) is 0 Å². The average molecular weight is 361 g/mol. The van der Waals surface area contributed by atoms with Gasteiger partial charge < -0.3 is 14.5 Å². The maximum absolute atomic E-state index is 5.68. The number of para-hydroxylation sites is 1. The minimum atomic E-state index is 0.0985. The number of nitrogens with one attached hydrogen (secondary N) is 2. The van der Waals surface area contributed by atoms with Gasteiger partial charge in [0.05, 0.1) is 19.7 Å². The monoisotopic (exact) mass is 360 g/mol. The third-order valence-corrected chi connectivity index (χ3v) is 5.34. The van der Waals surface area contributed by atoms with Gasteiger partial charge in [-0.15, -0.1) is 5.10 Å². The fraction of sp³-hybridized carbons (Fsp3) is 0.632. The second kappa shape index (κ2) is 8.60. The lowest BCUT2D eigenvalue weighted by molar-refractivity contribution is -1.02. The number of tetrazole rings is 1. The Kier molecular flexibility index (Phi) is 6.21. The lowest BCUT2D eigenvalue weighted by Gasteiger charge is -2.33. The van der Waals surface area contributed by atoms with Gasteiger partial charge in [-0.25, -0.2) is 4.68 Å². The molecule has 0 radical (unpaired) electrons. The van der Waals surface area contributed by atoms with Crippen molar-refractivity contribution in [1.82, 2.24) is 20.2 Å². The molecule has 0 bridgehead atoms. The predicted octanol–water partition coefficient (Wildman–Crippen LogP) is -0.770. The lowest BCUT2D eigenvalue weighted by atomic mass is 10.0. The molecule has 1 fully saturated rings. The first kappa shape index (κ1) is 18.8. The van der Waals surface area contributed by atoms with Crippen LogP contribution in [-0.2, 0) is 6.54 Å². The molecule has 1 aromatic heterocycles. The summed E-state index contributed by atoms with van der Waals surface area (Å²) in [6, 6.07) is 8.38. The SMILES string of the molecule is COc1ccccc1[C@@H](c1nnnn1CCC(C)C)[NH+]1CC[NH+](C)CC1. The van der Waals surface area contributed by atoms with Crippen molar-refractivity contribution in [1.29, 1.82) is 0 Å². The topological polar surface area (TPSA) is 61.7 Å². The Balaban J connectivity index is 1.97. The van der Waals surface area contributed by atoms with Crippen LogP contribution in [0, 0.1) is 5.92 Å². The molecule has 1 aliphatic rings. The van der Waals surface area contributed by atoms with Crippen LogP contribution in [0.2, 0.25) is 0 Å². The molecular weight excluding hydrogens is 328 g/mol. The summed E-state index contributed by atoms with van der Waals surface area (Å²) in [5, 5.41) is 12.8. The molecule has 0 saturated carbocycles. The highest BCUT2D eigenvalue weighted by molar-refractivity contribution is 5.37. The van der Waals surface area contributed by atoms with Crippen molar-refractivity contribution in [2.24, 2.45) is 5.92 Å². The molecule has 2 heterocycles. The average Bonchev–Trinajstić information content (AvgIpc) is 3.10. The molecule has 0 amide bonds. The first-order valence-electron chi connectivity index (χ1n) is 9.65. The van der Waals surface area contributed by atoms with Crippen LogP contribution in [0.5, 0.6) is 5.75 Å². The van der Waals surface area contributed by atoms with Crippen molar-refractivity contribution in [3.05, 3.63) is 35.7 Å². The van der Waals surface area contributed by atoms with E-state index in [1.807, 2.05) is 16.8 Å². The van der Waals surface area contributed by atoms with E-state index in [-0.39, 0.29) is 6.04 Å². The van der Waals surface area contributed by atoms with Crippen LogP contribution in [0.4, 0.5) is 0 Å². The number of aryl methyl sites for hydroxylation is 1. The highest BCUT2D eigenvalue weighted by atomic mass is 16.5. The van der Waals surface area contributed by atoms with E-state index < -0.39 is 0 Å². The van der Waals surface area contributed by atoms with Crippen LogP contribution < -0.4 is 14.5 Å². The van der Waals surface area contributed by atoms with Gasteiger partial charge in [-0.2, -0.15) is 0 Å². The highest BCUT2D eigenvalue weighted by Gasteiger charge is 2.36. The van der Waals surface area contributed by atoms with Gasteiger partial charge in [0.15, 0.2) is 6.04 Å². The number of benzene rings is 1. The van der Waals surface area contributed by atoms with Crippen LogP contribution in [0.3, 0.4) is 0 Å². The van der Waals surface area contributed by atoms with E-state index in [4.69, 9.17) is 4.74 Å². The van der Waals surface area contributed by atoms with Gasteiger partial charge in [-0.3, -0.25) is 0 Å². The van der Waals surface area contributed by atoms with Crippen molar-refractivity contribution < 1.29 is 14.5 Å². The fourth-order valence-electron chi connectivity index (χ4n) is 3.69. The molecule has 3 rings (SSSR count). The Hall–Kier alpha value is -1.99. The summed E-state index contributed by atoms with van der Waals surface area (Å²) in [6.07, 6.45) is 1.07. The van der Waals surface area contributed by atoms with E-state index in [0.29, 0.717) is 5.92 Å². The van der Waals surface area contributed by atoms with E-state index in [1.54, 1.807) is 12.0 Å². The maximum Gasteiger partial charge on any atom is 0.214 e. The minimum absolute atomic E-state index is 0.0985. The quantitative estimate of drug-likeness (QED) is 0.681. The van der Waals surface area contributed by atoms with Gasteiger partial charge in [-0.05, 0) is 34.9 Å². The second-order valence-corrected chi connectivity index (χ2v) is 7.73. The van der Waals surface area contributed by atoms with Crippen LogP contribution in [0.25, 0.3) is 0 Å². The Morgan fingerprint density at radius 2 is 1.88 bits per heavy atom. The van der Waals surface area contributed by atoms with Gasteiger partial charge in [-0.1, -0.05) is 26.0 Å². The number of quaternary nitrogens is 2. The number of ether oxygens (including phenoxy) is 1. The Morgan fingerprint density at radius 3 is 2.58 bits per heavy atom. The largest absolute Gasteiger partial charge is 0.496 e. The molecule has 7 heteroatoms. The highest BCUT2D eigenvalue weighted by Crippen LogP contribution is 2.27. The number of rotatable bonds is 7. The maximum atomic E-state index is 5.68. The van der Waals surface area contributed by atoms with Gasteiger partial charge >= 0.3 is 0 Å². The van der Waals surface area contributed by atoms with Crippen molar-refractivity contribution in [3.63, 3.8) is 0 Å². The van der Waals surface area contributed by atoms with Crippen LogP contribution >= 0.6 is 0 Å². The third-order valence-electron chi connectivity index (χ3n) is 5.34. The van der Waals surface area contributed by atoms with Gasteiger partial charge in [0.1, 0.15) is 31.9 Å². The number of hydrogen-bond donors (Lipinski definition) is 2. The van der Waals surface area contributed by atoms with Gasteiger partial charge in [0, 0.05) is 6.54 Å². The molecule has 1 aliphatic heterocycles. The molecule has 1 saturated heterocycles. The van der Waals surface area contributed by atoms with E-state index in [1.165, 1.54) is 10.5 Å². The van der Waals surface area contributed by atoms with Crippen molar-refractivity contribution in [3.8, 4) is 5.75 Å². The van der Waals surface area contributed by atoms with Crippen LogP contribution in [0.1, 0.15) is 37.7 Å².